The summed E-state index contributed by atoms with van der Waals surface area (Å²) in [6.07, 6.45) is 0. The highest BCUT2D eigenvalue weighted by Crippen LogP contribution is 2.17. The molecule has 0 spiro atoms. The number of carbonyl (C=O) groups excluding carboxylic acids is 3. The molecule has 2 aromatic rings. The molecule has 0 radical (unpaired) electrons. The third kappa shape index (κ3) is 6.75. The summed E-state index contributed by atoms with van der Waals surface area (Å²) >= 11 is 5.75. The molecule has 0 bridgehead atoms. The number of amides is 2. The van der Waals surface area contributed by atoms with E-state index in [2.05, 4.69) is 24.5 Å². The molecule has 0 aromatic heterocycles. The van der Waals surface area contributed by atoms with E-state index >= 15 is 0 Å². The van der Waals surface area contributed by atoms with E-state index in [9.17, 15) is 14.4 Å². The van der Waals surface area contributed by atoms with Crippen LogP contribution in [0.1, 0.15) is 35.7 Å². The minimum absolute atomic E-state index is 0.335. The highest BCUT2D eigenvalue weighted by atomic mass is 35.5. The van der Waals surface area contributed by atoms with Gasteiger partial charge in [-0.25, -0.2) is 0 Å². The van der Waals surface area contributed by atoms with Gasteiger partial charge in [0.1, 0.15) is 6.54 Å². The van der Waals surface area contributed by atoms with E-state index in [0.29, 0.717) is 22.2 Å². The number of anilines is 1. The second-order valence-corrected chi connectivity index (χ2v) is 6.61. The third-order valence-corrected chi connectivity index (χ3v) is 3.98. The zero-order valence-electron chi connectivity index (χ0n) is 15.1. The molecule has 0 heterocycles. The van der Waals surface area contributed by atoms with Crippen molar-refractivity contribution in [1.29, 1.82) is 0 Å². The second-order valence-electron chi connectivity index (χ2n) is 6.18. The van der Waals surface area contributed by atoms with Crippen molar-refractivity contribution >= 4 is 35.1 Å². The Hall–Kier alpha value is -2.86. The molecule has 0 unspecified atom stereocenters. The van der Waals surface area contributed by atoms with Crippen molar-refractivity contribution in [2.45, 2.75) is 19.8 Å². The molecule has 0 fully saturated rings. The van der Waals surface area contributed by atoms with Gasteiger partial charge in [0.05, 0.1) is 0 Å². The molecule has 27 heavy (non-hydrogen) atoms. The topological polar surface area (TPSA) is 84.5 Å². The van der Waals surface area contributed by atoms with Gasteiger partial charge in [-0.2, -0.15) is 0 Å². The Balaban J connectivity index is 1.72. The highest BCUT2D eigenvalue weighted by molar-refractivity contribution is 6.30. The van der Waals surface area contributed by atoms with Crippen LogP contribution < -0.4 is 10.6 Å². The fraction of sp³-hybridized carbons (Fsp3) is 0.250. The van der Waals surface area contributed by atoms with Crippen LogP contribution in [0.3, 0.4) is 0 Å². The number of benzene rings is 2. The Kier molecular flexibility index (Phi) is 7.37. The maximum Gasteiger partial charge on any atom is 0.325 e. The van der Waals surface area contributed by atoms with E-state index in [-0.39, 0.29) is 6.54 Å². The lowest BCUT2D eigenvalue weighted by atomic mass is 10.0. The van der Waals surface area contributed by atoms with Crippen molar-refractivity contribution in [3.63, 3.8) is 0 Å². The lowest BCUT2D eigenvalue weighted by molar-refractivity contribution is -0.146. The van der Waals surface area contributed by atoms with Gasteiger partial charge in [-0.05, 0) is 47.9 Å². The van der Waals surface area contributed by atoms with Gasteiger partial charge in [0.15, 0.2) is 6.61 Å². The largest absolute Gasteiger partial charge is 0.454 e. The van der Waals surface area contributed by atoms with Gasteiger partial charge in [0.2, 0.25) is 0 Å². The zero-order valence-corrected chi connectivity index (χ0v) is 15.9. The Morgan fingerprint density at radius 1 is 1.00 bits per heavy atom. The molecular weight excluding hydrogens is 368 g/mol. The van der Waals surface area contributed by atoms with Crippen LogP contribution in [0.2, 0.25) is 5.02 Å². The Morgan fingerprint density at radius 3 is 2.22 bits per heavy atom. The minimum Gasteiger partial charge on any atom is -0.454 e. The molecule has 0 aliphatic carbocycles. The van der Waals surface area contributed by atoms with Gasteiger partial charge in [-0.15, -0.1) is 0 Å². The normalized spacial score (nSPS) is 10.4. The molecule has 2 amide bonds. The maximum atomic E-state index is 11.9. The van der Waals surface area contributed by atoms with Crippen LogP contribution in [0.4, 0.5) is 5.69 Å². The first kappa shape index (κ1) is 20.5. The fourth-order valence-corrected chi connectivity index (χ4v) is 2.33. The molecule has 0 saturated heterocycles. The summed E-state index contributed by atoms with van der Waals surface area (Å²) in [5, 5.41) is 5.57. The van der Waals surface area contributed by atoms with Crippen LogP contribution >= 0.6 is 11.6 Å². The van der Waals surface area contributed by atoms with Crippen LogP contribution in [-0.2, 0) is 14.3 Å². The van der Waals surface area contributed by atoms with E-state index in [1.807, 2.05) is 12.1 Å². The van der Waals surface area contributed by atoms with E-state index < -0.39 is 24.4 Å². The SMILES string of the molecule is CC(C)c1ccc(NC(=O)COC(=O)CNC(=O)c2ccc(Cl)cc2)cc1. The molecular formula is C20H21ClN2O4. The summed E-state index contributed by atoms with van der Waals surface area (Å²) in [7, 11) is 0. The molecule has 142 valence electrons. The minimum atomic E-state index is -0.706. The van der Waals surface area contributed by atoms with Crippen molar-refractivity contribution in [3.05, 3.63) is 64.7 Å². The number of nitrogens with one attached hydrogen (secondary N) is 2. The Morgan fingerprint density at radius 2 is 1.63 bits per heavy atom. The number of hydrogen-bond donors (Lipinski definition) is 2. The molecule has 2 rings (SSSR count). The van der Waals surface area contributed by atoms with Crippen LogP contribution in [0.5, 0.6) is 0 Å². The quantitative estimate of drug-likeness (QED) is 0.712. The van der Waals surface area contributed by atoms with Crippen molar-refractivity contribution < 1.29 is 19.1 Å². The van der Waals surface area contributed by atoms with E-state index in [4.69, 9.17) is 16.3 Å². The van der Waals surface area contributed by atoms with Crippen molar-refractivity contribution in [2.75, 3.05) is 18.5 Å². The predicted octanol–water partition coefficient (Wildman–Crippen LogP) is 3.38. The molecule has 0 aliphatic rings. The fourth-order valence-electron chi connectivity index (χ4n) is 2.20. The number of rotatable bonds is 7. The van der Waals surface area contributed by atoms with Crippen LogP contribution in [0.15, 0.2) is 48.5 Å². The average molecular weight is 389 g/mol. The van der Waals surface area contributed by atoms with E-state index in [1.165, 1.54) is 0 Å². The van der Waals surface area contributed by atoms with Crippen LogP contribution in [-0.4, -0.2) is 30.9 Å². The molecule has 6 nitrogen and oxygen atoms in total. The van der Waals surface area contributed by atoms with Gasteiger partial charge >= 0.3 is 5.97 Å². The number of carbonyl (C=O) groups is 3. The second kappa shape index (κ2) is 9.73. The smallest absolute Gasteiger partial charge is 0.325 e. The summed E-state index contributed by atoms with van der Waals surface area (Å²) in [5.41, 5.74) is 2.15. The summed E-state index contributed by atoms with van der Waals surface area (Å²) in [5.74, 6) is -1.19. The Bertz CT molecular complexity index is 802. The highest BCUT2D eigenvalue weighted by Gasteiger charge is 2.11. The zero-order chi connectivity index (χ0) is 19.8. The number of ether oxygens (including phenoxy) is 1. The van der Waals surface area contributed by atoms with Gasteiger partial charge in [-0.3, -0.25) is 14.4 Å². The standard InChI is InChI=1S/C20H21ClN2O4/c1-13(2)14-5-9-17(10-6-14)23-18(24)12-27-19(25)11-22-20(26)15-3-7-16(21)8-4-15/h3-10,13H,11-12H2,1-2H3,(H,22,26)(H,23,24). The third-order valence-electron chi connectivity index (χ3n) is 3.73. The summed E-state index contributed by atoms with van der Waals surface area (Å²) < 4.78 is 4.86. The average Bonchev–Trinajstić information content (AvgIpc) is 2.65. The van der Waals surface area contributed by atoms with Gasteiger partial charge in [0.25, 0.3) is 11.8 Å². The summed E-state index contributed by atoms with van der Waals surface area (Å²) in [6.45, 7) is 3.40. The first-order chi connectivity index (χ1) is 12.8. The molecule has 0 saturated carbocycles. The molecule has 0 atom stereocenters. The first-order valence-electron chi connectivity index (χ1n) is 8.44. The lowest BCUT2D eigenvalue weighted by Crippen LogP contribution is -2.32. The number of hydrogen-bond acceptors (Lipinski definition) is 4. The van der Waals surface area contributed by atoms with Crippen LogP contribution in [0.25, 0.3) is 0 Å². The number of halogens is 1. The molecule has 2 aromatic carbocycles. The van der Waals surface area contributed by atoms with E-state index in [1.54, 1.807) is 36.4 Å². The maximum absolute atomic E-state index is 11.9. The predicted molar refractivity (Wildman–Crippen MR) is 104 cm³/mol. The van der Waals surface area contributed by atoms with Crippen molar-refractivity contribution in [2.24, 2.45) is 0 Å². The molecule has 7 heteroatoms. The lowest BCUT2D eigenvalue weighted by Gasteiger charge is -2.09. The first-order valence-corrected chi connectivity index (χ1v) is 8.82. The molecule has 2 N–H and O–H groups in total. The summed E-state index contributed by atoms with van der Waals surface area (Å²) in [6, 6.07) is 13.7. The van der Waals surface area contributed by atoms with Gasteiger partial charge in [-0.1, -0.05) is 37.6 Å². The van der Waals surface area contributed by atoms with Gasteiger partial charge < -0.3 is 15.4 Å². The monoisotopic (exact) mass is 388 g/mol. The summed E-state index contributed by atoms with van der Waals surface area (Å²) in [4.78, 5) is 35.4. The van der Waals surface area contributed by atoms with Crippen molar-refractivity contribution in [3.8, 4) is 0 Å². The van der Waals surface area contributed by atoms with Crippen LogP contribution in [0, 0.1) is 0 Å². The molecule has 0 aliphatic heterocycles. The van der Waals surface area contributed by atoms with Gasteiger partial charge in [0, 0.05) is 16.3 Å². The van der Waals surface area contributed by atoms with Crippen molar-refractivity contribution in [1.82, 2.24) is 5.32 Å². The number of esters is 1. The van der Waals surface area contributed by atoms with E-state index in [0.717, 1.165) is 5.56 Å². The Labute approximate surface area is 162 Å².